The normalized spacial score (nSPS) is 17.2. The van der Waals surface area contributed by atoms with Crippen molar-refractivity contribution in [1.29, 1.82) is 0 Å². The van der Waals surface area contributed by atoms with Crippen LogP contribution in [0.3, 0.4) is 0 Å². The summed E-state index contributed by atoms with van der Waals surface area (Å²) in [6.07, 6.45) is 5.41. The molecule has 3 nitrogen and oxygen atoms in total. The van der Waals surface area contributed by atoms with Crippen LogP contribution >= 0.6 is 0 Å². The second-order valence-corrected chi connectivity index (χ2v) is 8.68. The predicted molar refractivity (Wildman–Crippen MR) is 99.2 cm³/mol. The van der Waals surface area contributed by atoms with Gasteiger partial charge in [-0.1, -0.05) is 42.8 Å². The number of aromatic nitrogens is 1. The van der Waals surface area contributed by atoms with Gasteiger partial charge in [0.15, 0.2) is 0 Å². The van der Waals surface area contributed by atoms with E-state index < -0.39 is 9.73 Å². The Labute approximate surface area is 142 Å². The number of hydrogen-bond donors (Lipinski definition) is 0. The molecule has 1 saturated carbocycles. The molecule has 3 aromatic rings. The van der Waals surface area contributed by atoms with E-state index in [9.17, 15) is 4.21 Å². The Morgan fingerprint density at radius 2 is 1.79 bits per heavy atom. The van der Waals surface area contributed by atoms with Crippen LogP contribution in [0.15, 0.2) is 69.9 Å². The van der Waals surface area contributed by atoms with Crippen molar-refractivity contribution in [2.24, 2.45) is 4.36 Å². The van der Waals surface area contributed by atoms with Gasteiger partial charge in [0.1, 0.15) is 0 Å². The SMILES string of the molecule is CS(=O)(=Nc1cccc2ccc(C3CCC3)nc12)c1ccccc1. The van der Waals surface area contributed by atoms with Gasteiger partial charge in [0.25, 0.3) is 0 Å². The van der Waals surface area contributed by atoms with E-state index in [0.717, 1.165) is 21.5 Å². The molecular formula is C20H20N2OS. The van der Waals surface area contributed by atoms with Crippen LogP contribution in [0.4, 0.5) is 5.69 Å². The maximum Gasteiger partial charge on any atom is 0.0996 e. The van der Waals surface area contributed by atoms with E-state index in [1.165, 1.54) is 19.3 Å². The van der Waals surface area contributed by atoms with Crippen molar-refractivity contribution in [2.45, 2.75) is 30.1 Å². The minimum absolute atomic E-state index is 0.572. The summed E-state index contributed by atoms with van der Waals surface area (Å²) in [6.45, 7) is 0. The van der Waals surface area contributed by atoms with E-state index in [0.29, 0.717) is 11.6 Å². The summed E-state index contributed by atoms with van der Waals surface area (Å²) in [5.74, 6) is 0.572. The van der Waals surface area contributed by atoms with Crippen molar-refractivity contribution in [3.63, 3.8) is 0 Å². The van der Waals surface area contributed by atoms with Crippen molar-refractivity contribution in [2.75, 3.05) is 6.26 Å². The number of para-hydroxylation sites is 1. The largest absolute Gasteiger partial charge is 0.250 e. The lowest BCUT2D eigenvalue weighted by Crippen LogP contribution is -2.10. The summed E-state index contributed by atoms with van der Waals surface area (Å²) >= 11 is 0. The molecule has 4 heteroatoms. The molecular weight excluding hydrogens is 316 g/mol. The molecule has 1 unspecified atom stereocenters. The minimum Gasteiger partial charge on any atom is -0.250 e. The molecule has 4 rings (SSSR count). The number of hydrogen-bond acceptors (Lipinski definition) is 3. The molecule has 24 heavy (non-hydrogen) atoms. The minimum atomic E-state index is -2.49. The summed E-state index contributed by atoms with van der Waals surface area (Å²) < 4.78 is 17.7. The van der Waals surface area contributed by atoms with E-state index in [-0.39, 0.29) is 0 Å². The zero-order chi connectivity index (χ0) is 16.6. The summed E-state index contributed by atoms with van der Waals surface area (Å²) in [5.41, 5.74) is 2.70. The van der Waals surface area contributed by atoms with Crippen molar-refractivity contribution < 1.29 is 4.21 Å². The fourth-order valence-electron chi connectivity index (χ4n) is 3.06. The van der Waals surface area contributed by atoms with Gasteiger partial charge in [-0.25, -0.2) is 4.21 Å². The summed E-state index contributed by atoms with van der Waals surface area (Å²) in [7, 11) is -2.49. The first-order valence-electron chi connectivity index (χ1n) is 8.30. The van der Waals surface area contributed by atoms with Crippen LogP contribution in [-0.2, 0) is 9.73 Å². The fraction of sp³-hybridized carbons (Fsp3) is 0.250. The van der Waals surface area contributed by atoms with E-state index in [2.05, 4.69) is 16.5 Å². The second-order valence-electron chi connectivity index (χ2n) is 6.42. The first-order valence-corrected chi connectivity index (χ1v) is 10.2. The Kier molecular flexibility index (Phi) is 3.85. The predicted octanol–water partition coefficient (Wildman–Crippen LogP) is 5.29. The lowest BCUT2D eigenvalue weighted by molar-refractivity contribution is 0.412. The molecule has 1 atom stereocenters. The molecule has 1 aliphatic carbocycles. The topological polar surface area (TPSA) is 42.3 Å². The maximum absolute atomic E-state index is 13.1. The third-order valence-electron chi connectivity index (χ3n) is 4.70. The standard InChI is InChI=1S/C20H20N2OS/c1-24(23,17-10-3-2-4-11-17)22-19-12-6-9-16-13-14-18(21-20(16)19)15-7-5-8-15/h2-4,6,9-15H,5,7-8H2,1H3. The molecule has 1 aromatic heterocycles. The van der Waals surface area contributed by atoms with Crippen molar-refractivity contribution in [3.8, 4) is 0 Å². The van der Waals surface area contributed by atoms with Gasteiger partial charge in [-0.2, -0.15) is 4.36 Å². The molecule has 0 radical (unpaired) electrons. The third-order valence-corrected chi connectivity index (χ3v) is 6.39. The Morgan fingerprint density at radius 1 is 1.00 bits per heavy atom. The highest BCUT2D eigenvalue weighted by Gasteiger charge is 2.21. The van der Waals surface area contributed by atoms with Crippen LogP contribution < -0.4 is 0 Å². The highest BCUT2D eigenvalue weighted by molar-refractivity contribution is 7.93. The highest BCUT2D eigenvalue weighted by atomic mass is 32.2. The van der Waals surface area contributed by atoms with Gasteiger partial charge in [0, 0.05) is 28.1 Å². The summed E-state index contributed by atoms with van der Waals surface area (Å²) in [4.78, 5) is 5.60. The molecule has 1 fully saturated rings. The molecule has 0 spiro atoms. The molecule has 0 N–H and O–H groups in total. The monoisotopic (exact) mass is 336 g/mol. The Balaban J connectivity index is 1.87. The molecule has 0 saturated heterocycles. The van der Waals surface area contributed by atoms with Crippen molar-refractivity contribution in [1.82, 2.24) is 4.98 Å². The van der Waals surface area contributed by atoms with Crippen LogP contribution in [0.1, 0.15) is 30.9 Å². The number of fused-ring (bicyclic) bond motifs is 1. The van der Waals surface area contributed by atoms with Crippen molar-refractivity contribution >= 4 is 26.3 Å². The van der Waals surface area contributed by atoms with E-state index in [1.807, 2.05) is 48.5 Å². The van der Waals surface area contributed by atoms with Crippen LogP contribution in [0, 0.1) is 0 Å². The Bertz CT molecular complexity index is 1000. The van der Waals surface area contributed by atoms with Gasteiger partial charge >= 0.3 is 0 Å². The fourth-order valence-corrected chi connectivity index (χ4v) is 4.36. The number of pyridine rings is 1. The van der Waals surface area contributed by atoms with Crippen LogP contribution in [0.25, 0.3) is 10.9 Å². The summed E-state index contributed by atoms with van der Waals surface area (Å²) in [6, 6.07) is 19.6. The first kappa shape index (κ1) is 15.3. The zero-order valence-corrected chi connectivity index (χ0v) is 14.5. The average molecular weight is 336 g/mol. The number of rotatable bonds is 3. The molecule has 1 aliphatic rings. The van der Waals surface area contributed by atoms with Gasteiger partial charge in [-0.15, -0.1) is 0 Å². The van der Waals surface area contributed by atoms with Gasteiger partial charge in [-0.05, 0) is 37.1 Å². The van der Waals surface area contributed by atoms with Crippen LogP contribution in [0.5, 0.6) is 0 Å². The highest BCUT2D eigenvalue weighted by Crippen LogP contribution is 2.37. The number of nitrogens with zero attached hydrogens (tertiary/aromatic N) is 2. The van der Waals surface area contributed by atoms with E-state index >= 15 is 0 Å². The molecule has 1 heterocycles. The first-order chi connectivity index (χ1) is 11.6. The second kappa shape index (κ2) is 6.02. The Morgan fingerprint density at radius 3 is 2.50 bits per heavy atom. The summed E-state index contributed by atoms with van der Waals surface area (Å²) in [5, 5.41) is 1.04. The lowest BCUT2D eigenvalue weighted by atomic mass is 9.82. The third kappa shape index (κ3) is 2.82. The van der Waals surface area contributed by atoms with Gasteiger partial charge in [-0.3, -0.25) is 4.98 Å². The molecule has 2 aromatic carbocycles. The lowest BCUT2D eigenvalue weighted by Gasteiger charge is -2.24. The Hall–Kier alpha value is -2.20. The maximum atomic E-state index is 13.1. The molecule has 0 aliphatic heterocycles. The zero-order valence-electron chi connectivity index (χ0n) is 13.7. The van der Waals surface area contributed by atoms with Gasteiger partial charge in [0.05, 0.1) is 20.9 Å². The van der Waals surface area contributed by atoms with E-state index in [1.54, 1.807) is 6.26 Å². The van der Waals surface area contributed by atoms with Crippen molar-refractivity contribution in [3.05, 3.63) is 66.4 Å². The molecule has 0 amide bonds. The van der Waals surface area contributed by atoms with E-state index in [4.69, 9.17) is 4.98 Å². The molecule has 122 valence electrons. The molecule has 0 bridgehead atoms. The van der Waals surface area contributed by atoms with Crippen LogP contribution in [0.2, 0.25) is 0 Å². The van der Waals surface area contributed by atoms with Crippen LogP contribution in [-0.4, -0.2) is 15.4 Å². The quantitative estimate of drug-likeness (QED) is 0.652. The number of benzene rings is 2. The van der Waals surface area contributed by atoms with Gasteiger partial charge in [0.2, 0.25) is 0 Å². The van der Waals surface area contributed by atoms with Gasteiger partial charge < -0.3 is 0 Å². The average Bonchev–Trinajstić information content (AvgIpc) is 2.54. The smallest absolute Gasteiger partial charge is 0.0996 e.